The molecule has 2 aliphatic rings. The van der Waals surface area contributed by atoms with Gasteiger partial charge in [-0.1, -0.05) is 6.07 Å². The van der Waals surface area contributed by atoms with Crippen molar-refractivity contribution in [1.82, 2.24) is 0 Å². The van der Waals surface area contributed by atoms with E-state index in [0.29, 0.717) is 11.1 Å². The summed E-state index contributed by atoms with van der Waals surface area (Å²) in [5.74, 6) is -1.34. The van der Waals surface area contributed by atoms with Crippen LogP contribution < -0.4 is 4.74 Å². The number of methoxy groups -OCH3 is 1. The van der Waals surface area contributed by atoms with Crippen LogP contribution in [0.15, 0.2) is 30.3 Å². The van der Waals surface area contributed by atoms with Crippen LogP contribution in [-0.2, 0) is 4.74 Å². The van der Waals surface area contributed by atoms with E-state index in [0.717, 1.165) is 5.56 Å². The van der Waals surface area contributed by atoms with Crippen molar-refractivity contribution in [3.05, 3.63) is 63.7 Å². The van der Waals surface area contributed by atoms with Crippen LogP contribution in [0.4, 0.5) is 0 Å². The number of fused-ring (bicyclic) bond motifs is 4. The van der Waals surface area contributed by atoms with Gasteiger partial charge in [0.25, 0.3) is 0 Å². The van der Waals surface area contributed by atoms with Gasteiger partial charge in [-0.05, 0) is 43.7 Å². The summed E-state index contributed by atoms with van der Waals surface area (Å²) in [5.41, 5.74) is 0.914. The largest absolute Gasteiger partial charge is 0.507 e. The Kier molecular flexibility index (Phi) is 5.12. The number of ether oxygens (including phenoxy) is 2. The Bertz CT molecular complexity index is 1360. The molecule has 0 unspecified atom stereocenters. The van der Waals surface area contributed by atoms with Crippen LogP contribution in [0.1, 0.15) is 62.4 Å². The van der Waals surface area contributed by atoms with E-state index in [2.05, 4.69) is 0 Å². The van der Waals surface area contributed by atoms with E-state index in [1.807, 2.05) is 0 Å². The van der Waals surface area contributed by atoms with Crippen molar-refractivity contribution in [3.63, 3.8) is 0 Å². The van der Waals surface area contributed by atoms with Crippen molar-refractivity contribution in [3.8, 4) is 17.2 Å². The highest BCUT2D eigenvalue weighted by Crippen LogP contribution is 2.45. The minimum Gasteiger partial charge on any atom is -0.507 e. The Hall–Kier alpha value is -3.46. The lowest BCUT2D eigenvalue weighted by Crippen LogP contribution is -2.44. The molecular weight excluding hydrogens is 440 g/mol. The molecule has 4 N–H and O–H groups in total. The molecule has 4 atom stereocenters. The van der Waals surface area contributed by atoms with Crippen LogP contribution in [0.3, 0.4) is 0 Å². The number of aliphatic hydroxyl groups excluding tert-OH is 2. The zero-order chi connectivity index (χ0) is 24.5. The number of benzene rings is 3. The molecule has 176 valence electrons. The number of aliphatic hydroxyl groups is 2. The Morgan fingerprint density at radius 3 is 2.38 bits per heavy atom. The Labute approximate surface area is 195 Å². The Morgan fingerprint density at radius 2 is 1.71 bits per heavy atom. The van der Waals surface area contributed by atoms with Gasteiger partial charge in [0.15, 0.2) is 11.6 Å². The third kappa shape index (κ3) is 3.10. The van der Waals surface area contributed by atoms with Crippen LogP contribution >= 0.6 is 0 Å². The zero-order valence-corrected chi connectivity index (χ0v) is 18.8. The number of carbonyl (C=O) groups excluding carboxylic acids is 2. The predicted molar refractivity (Wildman–Crippen MR) is 122 cm³/mol. The van der Waals surface area contributed by atoms with Crippen molar-refractivity contribution in [2.24, 2.45) is 0 Å². The van der Waals surface area contributed by atoms with E-state index in [4.69, 9.17) is 9.47 Å². The monoisotopic (exact) mass is 464 g/mol. The first-order chi connectivity index (χ1) is 16.1. The second kappa shape index (κ2) is 7.80. The van der Waals surface area contributed by atoms with E-state index >= 15 is 0 Å². The number of phenols is 2. The fourth-order valence-corrected chi connectivity index (χ4v) is 5.05. The van der Waals surface area contributed by atoms with Gasteiger partial charge in [-0.25, -0.2) is 0 Å². The van der Waals surface area contributed by atoms with Gasteiger partial charge in [-0.2, -0.15) is 0 Å². The van der Waals surface area contributed by atoms with Gasteiger partial charge in [0.2, 0.25) is 0 Å². The molecule has 5 rings (SSSR count). The Balaban J connectivity index is 1.70. The highest BCUT2D eigenvalue weighted by molar-refractivity contribution is 6.34. The summed E-state index contributed by atoms with van der Waals surface area (Å²) in [6.07, 6.45) is -3.58. The van der Waals surface area contributed by atoms with Gasteiger partial charge in [-0.15, -0.1) is 0 Å². The highest BCUT2D eigenvalue weighted by Gasteiger charge is 2.40. The number of hydrogen-bond acceptors (Lipinski definition) is 8. The molecule has 0 saturated carbocycles. The van der Waals surface area contributed by atoms with Crippen molar-refractivity contribution in [2.75, 3.05) is 7.11 Å². The Morgan fingerprint density at radius 1 is 1.00 bits per heavy atom. The second-order valence-electron chi connectivity index (χ2n) is 8.92. The van der Waals surface area contributed by atoms with E-state index in [-0.39, 0.29) is 45.4 Å². The topological polar surface area (TPSA) is 134 Å². The number of hydrogen-bond donors (Lipinski definition) is 4. The smallest absolute Gasteiger partial charge is 0.198 e. The van der Waals surface area contributed by atoms with Gasteiger partial charge in [0, 0.05) is 39.4 Å². The first-order valence-corrected chi connectivity index (χ1v) is 10.9. The second-order valence-corrected chi connectivity index (χ2v) is 8.92. The number of carbonyl (C=O) groups is 2. The lowest BCUT2D eigenvalue weighted by molar-refractivity contribution is -0.163. The van der Waals surface area contributed by atoms with Crippen LogP contribution in [0.2, 0.25) is 0 Å². The van der Waals surface area contributed by atoms with Gasteiger partial charge in [0.05, 0.1) is 31.0 Å². The third-order valence-corrected chi connectivity index (χ3v) is 6.75. The van der Waals surface area contributed by atoms with Crippen LogP contribution in [0.5, 0.6) is 17.2 Å². The predicted octanol–water partition coefficient (Wildman–Crippen LogP) is 2.92. The summed E-state index contributed by atoms with van der Waals surface area (Å²) in [7, 11) is 1.43. The third-order valence-electron chi connectivity index (χ3n) is 6.75. The van der Waals surface area contributed by atoms with Gasteiger partial charge >= 0.3 is 0 Å². The summed E-state index contributed by atoms with van der Waals surface area (Å²) in [6.45, 7) is 3.40. The molecular formula is C26H24O8. The number of phenolic OH excluding ortho intramolecular Hbond substituents is 2. The van der Waals surface area contributed by atoms with Crippen LogP contribution in [0.25, 0.3) is 10.8 Å². The average molecular weight is 464 g/mol. The van der Waals surface area contributed by atoms with Crippen LogP contribution in [0, 0.1) is 6.92 Å². The molecule has 0 aromatic heterocycles. The molecule has 0 radical (unpaired) electrons. The summed E-state index contributed by atoms with van der Waals surface area (Å²) in [6, 6.07) is 7.66. The number of rotatable bonds is 2. The van der Waals surface area contributed by atoms with Crippen molar-refractivity contribution in [2.45, 2.75) is 44.7 Å². The molecule has 8 heteroatoms. The summed E-state index contributed by atoms with van der Waals surface area (Å²) in [4.78, 5) is 27.2. The molecule has 1 saturated heterocycles. The summed E-state index contributed by atoms with van der Waals surface area (Å²) < 4.78 is 11.2. The minimum absolute atomic E-state index is 0.00892. The fourth-order valence-electron chi connectivity index (χ4n) is 5.05. The van der Waals surface area contributed by atoms with E-state index < -0.39 is 41.7 Å². The summed E-state index contributed by atoms with van der Waals surface area (Å²) in [5, 5.41) is 42.6. The first kappa shape index (κ1) is 22.3. The SMILES string of the molecule is COc1cc2c(c3c(O)cc(C)cc13)C(=O)c1ccc([C@H]3C[C@@H](O)[C@H](O)[C@@H](C)O3)c(O)c1C2=O. The van der Waals surface area contributed by atoms with Gasteiger partial charge in [0.1, 0.15) is 23.4 Å². The standard InChI is InChI=1S/C26H24O8/c1-10-6-14-18(33-3)8-15-21(20(14)16(27)7-10)25(31)13-5-4-12(24(30)22(13)26(15)32)19-9-17(28)23(29)11(2)34-19/h4-8,11,17,19,23,27-30H,9H2,1-3H3/t11-,17-,19-,23-/m1/s1. The molecule has 3 aromatic carbocycles. The minimum atomic E-state index is -1.07. The van der Waals surface area contributed by atoms with Crippen molar-refractivity contribution < 1.29 is 39.5 Å². The molecule has 0 spiro atoms. The summed E-state index contributed by atoms with van der Waals surface area (Å²) >= 11 is 0. The van der Waals surface area contributed by atoms with Gasteiger partial charge < -0.3 is 29.9 Å². The molecule has 1 aliphatic heterocycles. The highest BCUT2D eigenvalue weighted by atomic mass is 16.5. The van der Waals surface area contributed by atoms with E-state index in [1.165, 1.54) is 31.4 Å². The maximum Gasteiger partial charge on any atom is 0.198 e. The van der Waals surface area contributed by atoms with Gasteiger partial charge in [-0.3, -0.25) is 9.59 Å². The molecule has 1 fully saturated rings. The molecule has 34 heavy (non-hydrogen) atoms. The normalized spacial score (nSPS) is 24.1. The maximum absolute atomic E-state index is 13.6. The quantitative estimate of drug-likeness (QED) is 0.356. The molecule has 0 bridgehead atoms. The molecule has 0 amide bonds. The molecule has 1 aliphatic carbocycles. The van der Waals surface area contributed by atoms with E-state index in [9.17, 15) is 30.0 Å². The number of aromatic hydroxyl groups is 2. The zero-order valence-electron chi connectivity index (χ0n) is 18.8. The molecule has 3 aromatic rings. The molecule has 8 nitrogen and oxygen atoms in total. The van der Waals surface area contributed by atoms with Crippen molar-refractivity contribution in [1.29, 1.82) is 0 Å². The lowest BCUT2D eigenvalue weighted by Gasteiger charge is -2.36. The van der Waals surface area contributed by atoms with Crippen molar-refractivity contribution >= 4 is 22.3 Å². The van der Waals surface area contributed by atoms with E-state index in [1.54, 1.807) is 19.9 Å². The number of ketones is 2. The lowest BCUT2D eigenvalue weighted by atomic mass is 9.79. The maximum atomic E-state index is 13.6. The number of aryl methyl sites for hydroxylation is 1. The fraction of sp³-hybridized carbons (Fsp3) is 0.308. The first-order valence-electron chi connectivity index (χ1n) is 10.9. The average Bonchev–Trinajstić information content (AvgIpc) is 2.79. The molecule has 1 heterocycles. The van der Waals surface area contributed by atoms with Crippen LogP contribution in [-0.4, -0.2) is 57.4 Å².